The fourth-order valence-electron chi connectivity index (χ4n) is 2.53. The second kappa shape index (κ2) is 7.65. The van der Waals surface area contributed by atoms with Crippen LogP contribution in [0.2, 0.25) is 0 Å². The van der Waals surface area contributed by atoms with Crippen molar-refractivity contribution in [3.8, 4) is 5.75 Å². The monoisotopic (exact) mass is 351 g/mol. The van der Waals surface area contributed by atoms with Crippen molar-refractivity contribution >= 4 is 22.8 Å². The largest absolute Gasteiger partial charge is 0.489 e. The maximum Gasteiger partial charge on any atom is 0.356 e. The third-order valence-corrected chi connectivity index (χ3v) is 3.83. The van der Waals surface area contributed by atoms with Crippen LogP contribution in [0, 0.1) is 0 Å². The van der Waals surface area contributed by atoms with E-state index >= 15 is 0 Å². The number of rotatable bonds is 5. The third kappa shape index (κ3) is 3.64. The van der Waals surface area contributed by atoms with Crippen LogP contribution < -0.4 is 4.74 Å². The van der Waals surface area contributed by atoms with Crippen LogP contribution >= 0.6 is 0 Å². The summed E-state index contributed by atoms with van der Waals surface area (Å²) in [7, 11) is 2.54. The minimum atomic E-state index is -0.632. The minimum absolute atomic E-state index is 0.0283. The zero-order valence-corrected chi connectivity index (χ0v) is 14.4. The van der Waals surface area contributed by atoms with Crippen LogP contribution in [0.15, 0.2) is 54.6 Å². The molecule has 26 heavy (non-hydrogen) atoms. The van der Waals surface area contributed by atoms with E-state index in [1.165, 1.54) is 20.3 Å². The number of benzene rings is 2. The van der Waals surface area contributed by atoms with Gasteiger partial charge in [-0.15, -0.1) is 0 Å². The molecule has 1 heterocycles. The summed E-state index contributed by atoms with van der Waals surface area (Å²) in [6.45, 7) is 0.396. The second-order valence-corrected chi connectivity index (χ2v) is 5.49. The summed E-state index contributed by atoms with van der Waals surface area (Å²) in [6.07, 6.45) is 0. The maximum atomic E-state index is 12.1. The van der Waals surface area contributed by atoms with Gasteiger partial charge in [0.05, 0.1) is 25.3 Å². The van der Waals surface area contributed by atoms with E-state index in [0.29, 0.717) is 23.3 Å². The Morgan fingerprint density at radius 3 is 2.35 bits per heavy atom. The molecule has 0 atom stereocenters. The van der Waals surface area contributed by atoms with Gasteiger partial charge in [0.2, 0.25) is 0 Å². The maximum absolute atomic E-state index is 12.1. The van der Waals surface area contributed by atoms with E-state index in [4.69, 9.17) is 14.2 Å². The van der Waals surface area contributed by atoms with Crippen LogP contribution in [-0.2, 0) is 16.1 Å². The molecule has 3 rings (SSSR count). The second-order valence-electron chi connectivity index (χ2n) is 5.49. The highest BCUT2D eigenvalue weighted by atomic mass is 16.5. The molecule has 0 spiro atoms. The van der Waals surface area contributed by atoms with Crippen molar-refractivity contribution in [1.82, 2.24) is 4.98 Å². The Labute approximate surface area is 150 Å². The normalized spacial score (nSPS) is 10.4. The highest BCUT2D eigenvalue weighted by Gasteiger charge is 2.18. The average molecular weight is 351 g/mol. The SMILES string of the molecule is COC(=O)c1cc(C(=O)OC)c2ccc(OCc3ccccc3)cc2n1. The summed E-state index contributed by atoms with van der Waals surface area (Å²) >= 11 is 0. The Balaban J connectivity index is 1.98. The van der Waals surface area contributed by atoms with Crippen LogP contribution in [0.5, 0.6) is 5.75 Å². The summed E-state index contributed by atoms with van der Waals surface area (Å²) in [5.74, 6) is -0.611. The van der Waals surface area contributed by atoms with Crippen molar-refractivity contribution in [2.75, 3.05) is 14.2 Å². The van der Waals surface area contributed by atoms with Crippen molar-refractivity contribution in [2.24, 2.45) is 0 Å². The lowest BCUT2D eigenvalue weighted by molar-refractivity contribution is 0.0594. The van der Waals surface area contributed by atoms with Gasteiger partial charge >= 0.3 is 11.9 Å². The molecule has 132 valence electrons. The van der Waals surface area contributed by atoms with Gasteiger partial charge in [0.25, 0.3) is 0 Å². The van der Waals surface area contributed by atoms with E-state index in [-0.39, 0.29) is 11.3 Å². The predicted octanol–water partition coefficient (Wildman–Crippen LogP) is 3.39. The number of fused-ring (bicyclic) bond motifs is 1. The Morgan fingerprint density at radius 2 is 1.65 bits per heavy atom. The summed E-state index contributed by atoms with van der Waals surface area (Å²) < 4.78 is 15.3. The number of pyridine rings is 1. The summed E-state index contributed by atoms with van der Waals surface area (Å²) in [4.78, 5) is 28.2. The molecule has 1 aromatic heterocycles. The summed E-state index contributed by atoms with van der Waals surface area (Å²) in [5.41, 5.74) is 1.74. The zero-order chi connectivity index (χ0) is 18.5. The Bertz CT molecular complexity index is 953. The van der Waals surface area contributed by atoms with Gasteiger partial charge in [-0.05, 0) is 23.8 Å². The molecule has 6 heteroatoms. The van der Waals surface area contributed by atoms with Crippen molar-refractivity contribution in [3.05, 3.63) is 71.4 Å². The molecule has 3 aromatic rings. The Morgan fingerprint density at radius 1 is 0.923 bits per heavy atom. The molecule has 6 nitrogen and oxygen atoms in total. The number of carbonyl (C=O) groups excluding carboxylic acids is 2. The molecule has 2 aromatic carbocycles. The Kier molecular flexibility index (Phi) is 5.12. The highest BCUT2D eigenvalue weighted by molar-refractivity contribution is 6.06. The first-order chi connectivity index (χ1) is 12.6. The standard InChI is InChI=1S/C20H17NO5/c1-24-19(22)16-11-18(20(23)25-2)21-17-10-14(8-9-15(16)17)26-12-13-6-4-3-5-7-13/h3-11H,12H2,1-2H3. The van der Waals surface area contributed by atoms with Gasteiger partial charge in [-0.1, -0.05) is 30.3 Å². The first kappa shape index (κ1) is 17.4. The van der Waals surface area contributed by atoms with Gasteiger partial charge in [-0.25, -0.2) is 14.6 Å². The van der Waals surface area contributed by atoms with Gasteiger partial charge in [0.15, 0.2) is 0 Å². The summed E-state index contributed by atoms with van der Waals surface area (Å²) in [6, 6.07) is 16.2. The van der Waals surface area contributed by atoms with Crippen molar-refractivity contribution in [2.45, 2.75) is 6.61 Å². The number of carbonyl (C=O) groups is 2. The van der Waals surface area contributed by atoms with Crippen molar-refractivity contribution in [1.29, 1.82) is 0 Å². The third-order valence-electron chi connectivity index (χ3n) is 3.83. The number of hydrogen-bond acceptors (Lipinski definition) is 6. The van der Waals surface area contributed by atoms with Crippen LogP contribution in [-0.4, -0.2) is 31.1 Å². The van der Waals surface area contributed by atoms with E-state index < -0.39 is 11.9 Å². The van der Waals surface area contributed by atoms with Gasteiger partial charge in [-0.3, -0.25) is 0 Å². The molecule has 0 unspecified atom stereocenters. The molecule has 0 bridgehead atoms. The van der Waals surface area contributed by atoms with E-state index in [0.717, 1.165) is 5.56 Å². The predicted molar refractivity (Wildman–Crippen MR) is 95.2 cm³/mol. The number of aromatic nitrogens is 1. The smallest absolute Gasteiger partial charge is 0.356 e. The van der Waals surface area contributed by atoms with Crippen LogP contribution in [0.25, 0.3) is 10.9 Å². The number of hydrogen-bond donors (Lipinski definition) is 0. The number of nitrogens with zero attached hydrogens (tertiary/aromatic N) is 1. The van der Waals surface area contributed by atoms with Crippen LogP contribution in [0.3, 0.4) is 0 Å². The van der Waals surface area contributed by atoms with E-state index in [1.54, 1.807) is 18.2 Å². The first-order valence-electron chi connectivity index (χ1n) is 7.90. The number of esters is 2. The fraction of sp³-hybridized carbons (Fsp3) is 0.150. The first-order valence-corrected chi connectivity index (χ1v) is 7.90. The topological polar surface area (TPSA) is 74.7 Å². The van der Waals surface area contributed by atoms with Crippen molar-refractivity contribution in [3.63, 3.8) is 0 Å². The molecule has 0 aliphatic carbocycles. The number of ether oxygens (including phenoxy) is 3. The molecule has 0 aliphatic rings. The van der Waals surface area contributed by atoms with Crippen molar-refractivity contribution < 1.29 is 23.8 Å². The molecule has 0 aliphatic heterocycles. The quantitative estimate of drug-likeness (QED) is 0.656. The molecule has 0 saturated heterocycles. The van der Waals surface area contributed by atoms with Gasteiger partial charge in [0, 0.05) is 11.5 Å². The van der Waals surface area contributed by atoms with Crippen LogP contribution in [0.4, 0.5) is 0 Å². The molecule has 0 N–H and O–H groups in total. The molecule has 0 fully saturated rings. The highest BCUT2D eigenvalue weighted by Crippen LogP contribution is 2.25. The lowest BCUT2D eigenvalue weighted by atomic mass is 10.1. The number of methoxy groups -OCH3 is 2. The van der Waals surface area contributed by atoms with Gasteiger partial charge in [-0.2, -0.15) is 0 Å². The lowest BCUT2D eigenvalue weighted by Gasteiger charge is -2.10. The molecular formula is C20H17NO5. The minimum Gasteiger partial charge on any atom is -0.489 e. The molecule has 0 radical (unpaired) electrons. The van der Waals surface area contributed by atoms with Gasteiger partial charge < -0.3 is 14.2 Å². The van der Waals surface area contributed by atoms with Crippen LogP contribution in [0.1, 0.15) is 26.4 Å². The summed E-state index contributed by atoms with van der Waals surface area (Å²) in [5, 5.41) is 0.566. The van der Waals surface area contributed by atoms with E-state index in [1.807, 2.05) is 30.3 Å². The molecule has 0 saturated carbocycles. The molecular weight excluding hydrogens is 334 g/mol. The van der Waals surface area contributed by atoms with E-state index in [9.17, 15) is 9.59 Å². The van der Waals surface area contributed by atoms with E-state index in [2.05, 4.69) is 4.98 Å². The van der Waals surface area contributed by atoms with Gasteiger partial charge in [0.1, 0.15) is 18.1 Å². The fourth-order valence-corrected chi connectivity index (χ4v) is 2.53. The average Bonchev–Trinajstić information content (AvgIpc) is 2.70. The molecule has 0 amide bonds. The zero-order valence-electron chi connectivity index (χ0n) is 14.4. The Hall–Kier alpha value is -3.41. The lowest BCUT2D eigenvalue weighted by Crippen LogP contribution is -2.09.